The van der Waals surface area contributed by atoms with Crippen LogP contribution < -0.4 is 0 Å². The lowest BCUT2D eigenvalue weighted by molar-refractivity contribution is 1.65. The molecule has 0 amide bonds. The molecule has 0 spiro atoms. The monoisotopic (exact) mass is 98.1 g/mol. The zero-order chi connectivity index (χ0) is 6.04. The first-order chi connectivity index (χ1) is 3.71. The van der Waals surface area contributed by atoms with E-state index in [0.717, 1.165) is 0 Å². The Morgan fingerprint density at radius 2 is 2.67 bits per heavy atom. The van der Waals surface area contributed by atoms with Crippen molar-refractivity contribution >= 4 is 9.38 Å². The average Bonchev–Trinajstić information content (AvgIpc) is 1.65. The molecule has 0 nitrogen and oxygen atoms in total. The molecule has 0 aromatic rings. The van der Waals surface area contributed by atoms with E-state index in [2.05, 4.69) is 0 Å². The van der Waals surface area contributed by atoms with Crippen molar-refractivity contribution in [2.45, 2.75) is 6.04 Å². The highest BCUT2D eigenvalue weighted by molar-refractivity contribution is 6.43. The van der Waals surface area contributed by atoms with Gasteiger partial charge in [-0.1, -0.05) is 18.2 Å². The van der Waals surface area contributed by atoms with Gasteiger partial charge in [0.15, 0.2) is 0 Å². The van der Waals surface area contributed by atoms with E-state index in [1.54, 1.807) is 11.8 Å². The Labute approximate surface area is 42.8 Å². The van der Waals surface area contributed by atoms with E-state index in [1.807, 2.05) is 12.2 Å². The molecule has 6 heavy (non-hydrogen) atoms. The van der Waals surface area contributed by atoms with E-state index in [4.69, 9.17) is 2.47 Å². The van der Waals surface area contributed by atoms with Gasteiger partial charge in [0.05, 0.1) is 0 Å². The molecule has 0 unspecified atom stereocenters. The summed E-state index contributed by atoms with van der Waals surface area (Å²) in [7, 11) is -2.36. The fraction of sp³-hybridized carbons (Fsp3) is 0.200. The summed E-state index contributed by atoms with van der Waals surface area (Å²) in [6.45, 7) is 0. The first-order valence-corrected chi connectivity index (χ1v) is 3.33. The molecule has 0 radical (unpaired) electrons. The molecule has 0 saturated carbocycles. The Morgan fingerprint density at radius 1 is 1.67 bits per heavy atom. The molecular formula is C5H8Si. The lowest BCUT2D eigenvalue weighted by Crippen LogP contribution is -1.81. The normalized spacial score (nSPS) is 32.0. The number of rotatable bonds is 0. The molecule has 0 fully saturated rings. The van der Waals surface area contributed by atoms with Crippen LogP contribution in [0.5, 0.6) is 0 Å². The number of hydrogen-bond acceptors (Lipinski definition) is 0. The molecule has 32 valence electrons. The maximum atomic E-state index is 7.29. The maximum absolute atomic E-state index is 7.29. The Kier molecular flexibility index (Phi) is 0.699. The fourth-order valence-electron chi connectivity index (χ4n) is 0.406. The minimum absolute atomic E-state index is 0.656. The molecule has 0 saturated heterocycles. The molecule has 0 atom stereocenters. The highest BCUT2D eigenvalue weighted by Crippen LogP contribution is 1.90. The molecule has 1 aliphatic heterocycles. The Bertz CT molecular complexity index is 137. The molecule has 1 heterocycles. The SMILES string of the molecule is [2H][Si]1([2H])C=CC=CC1. The lowest BCUT2D eigenvalue weighted by Gasteiger charge is -1.87. The Balaban J connectivity index is 2.65. The first-order valence-electron chi connectivity index (χ1n) is 3.05. The van der Waals surface area contributed by atoms with Crippen LogP contribution >= 0.6 is 0 Å². The third-order valence-corrected chi connectivity index (χ3v) is 1.60. The van der Waals surface area contributed by atoms with E-state index in [-0.39, 0.29) is 0 Å². The second-order valence-electron chi connectivity index (χ2n) is 1.20. The molecule has 1 aliphatic rings. The van der Waals surface area contributed by atoms with Gasteiger partial charge >= 0.3 is 0 Å². The zero-order valence-corrected chi connectivity index (χ0v) is 4.52. The quantitative estimate of drug-likeness (QED) is 0.390. The summed E-state index contributed by atoms with van der Waals surface area (Å²) in [5, 5.41) is 0. The summed E-state index contributed by atoms with van der Waals surface area (Å²) >= 11 is 0. The van der Waals surface area contributed by atoms with Crippen molar-refractivity contribution in [3.63, 3.8) is 0 Å². The topological polar surface area (TPSA) is 0 Å². The summed E-state index contributed by atoms with van der Waals surface area (Å²) in [5.74, 6) is 0. The zero-order valence-electron chi connectivity index (χ0n) is 5.52. The predicted octanol–water partition coefficient (Wildman–Crippen LogP) is 0.657. The standard InChI is InChI=1S/C5H8Si/c1-2-4-6-5-3-1/h1-4H,5-6H2/i6D2. The van der Waals surface area contributed by atoms with E-state index in [1.165, 1.54) is 0 Å². The van der Waals surface area contributed by atoms with Gasteiger partial charge in [0.1, 0.15) is 0 Å². The molecular weight excluding hydrogens is 88.1 g/mol. The predicted molar refractivity (Wildman–Crippen MR) is 31.6 cm³/mol. The molecule has 0 aromatic heterocycles. The molecule has 0 N–H and O–H groups in total. The van der Waals surface area contributed by atoms with Gasteiger partial charge in [-0.15, -0.1) is 5.70 Å². The van der Waals surface area contributed by atoms with Crippen LogP contribution in [0, 0.1) is 0 Å². The first kappa shape index (κ1) is 2.12. The van der Waals surface area contributed by atoms with Gasteiger partial charge in [0.2, 0.25) is 0 Å². The van der Waals surface area contributed by atoms with Crippen molar-refractivity contribution < 1.29 is 0 Å². The van der Waals surface area contributed by atoms with Crippen LogP contribution in [0.15, 0.2) is 23.9 Å². The second kappa shape index (κ2) is 1.98. The molecule has 0 aromatic carbocycles. The van der Waals surface area contributed by atoms with E-state index >= 15 is 0 Å². The van der Waals surface area contributed by atoms with Crippen LogP contribution in [-0.4, -0.2) is 11.9 Å². The Morgan fingerprint density at radius 3 is 3.00 bits per heavy atom. The van der Waals surface area contributed by atoms with E-state index in [0.29, 0.717) is 6.04 Å². The van der Waals surface area contributed by atoms with Crippen LogP contribution in [0.1, 0.15) is 0 Å². The molecule has 1 rings (SSSR count). The van der Waals surface area contributed by atoms with E-state index < -0.39 is 9.38 Å². The lowest BCUT2D eigenvalue weighted by atomic mass is 10.5. The van der Waals surface area contributed by atoms with Gasteiger partial charge in [-0.05, 0) is 6.04 Å². The smallest absolute Gasteiger partial charge is 0.0491 e. The minimum atomic E-state index is -2.36. The molecule has 0 aliphatic carbocycles. The second-order valence-corrected chi connectivity index (χ2v) is 2.35. The van der Waals surface area contributed by atoms with Crippen molar-refractivity contribution in [1.82, 2.24) is 0 Å². The van der Waals surface area contributed by atoms with Crippen LogP contribution in [-0.2, 0) is 0 Å². The van der Waals surface area contributed by atoms with Crippen molar-refractivity contribution in [1.29, 1.82) is 2.47 Å². The van der Waals surface area contributed by atoms with Gasteiger partial charge in [-0.25, -0.2) is 0 Å². The van der Waals surface area contributed by atoms with Crippen LogP contribution in [0.3, 0.4) is 0 Å². The number of allylic oxidation sites excluding steroid dienone is 3. The average molecular weight is 98.2 g/mol. The van der Waals surface area contributed by atoms with Crippen LogP contribution in [0.4, 0.5) is 0 Å². The van der Waals surface area contributed by atoms with Gasteiger partial charge < -0.3 is 0 Å². The van der Waals surface area contributed by atoms with Crippen LogP contribution in [0.2, 0.25) is 6.04 Å². The summed E-state index contributed by atoms with van der Waals surface area (Å²) in [5.41, 5.74) is 1.72. The van der Waals surface area contributed by atoms with Crippen molar-refractivity contribution in [2.24, 2.45) is 0 Å². The summed E-state index contributed by atoms with van der Waals surface area (Å²) in [6.07, 6.45) is 5.59. The van der Waals surface area contributed by atoms with Gasteiger partial charge in [-0.2, -0.15) is 0 Å². The van der Waals surface area contributed by atoms with Crippen molar-refractivity contribution in [3.8, 4) is 0 Å². The van der Waals surface area contributed by atoms with Gasteiger partial charge in [0.25, 0.3) is 0 Å². The minimum Gasteiger partial charge on any atom is -0.101 e. The Hall–Kier alpha value is -0.303. The third kappa shape index (κ3) is 0.828. The number of hydrogen-bond donors (Lipinski definition) is 0. The largest absolute Gasteiger partial charge is 0.101 e. The maximum Gasteiger partial charge on any atom is 0.0491 e. The van der Waals surface area contributed by atoms with E-state index in [9.17, 15) is 0 Å². The van der Waals surface area contributed by atoms with Gasteiger partial charge in [-0.3, -0.25) is 0 Å². The summed E-state index contributed by atoms with van der Waals surface area (Å²) < 4.78 is 14.6. The van der Waals surface area contributed by atoms with Crippen molar-refractivity contribution in [2.75, 3.05) is 0 Å². The van der Waals surface area contributed by atoms with Gasteiger partial charge in [0, 0.05) is 11.9 Å². The third-order valence-electron chi connectivity index (χ3n) is 0.697. The highest BCUT2D eigenvalue weighted by Gasteiger charge is 1.78. The van der Waals surface area contributed by atoms with Crippen molar-refractivity contribution in [3.05, 3.63) is 23.9 Å². The summed E-state index contributed by atoms with van der Waals surface area (Å²) in [6, 6.07) is 0.656. The fourth-order valence-corrected chi connectivity index (χ4v) is 1.06. The summed E-state index contributed by atoms with van der Waals surface area (Å²) in [4.78, 5) is 0. The molecule has 0 bridgehead atoms. The molecule has 1 heteroatoms. The van der Waals surface area contributed by atoms with Crippen LogP contribution in [0.25, 0.3) is 0 Å². The highest BCUT2D eigenvalue weighted by atomic mass is 28.2.